The Kier molecular flexibility index (Phi) is 18.4. The van der Waals surface area contributed by atoms with E-state index in [2.05, 4.69) is 17.7 Å². The Bertz CT molecular complexity index is 388. The highest BCUT2D eigenvalue weighted by molar-refractivity contribution is 8.78. The van der Waals surface area contributed by atoms with Crippen molar-refractivity contribution in [3.8, 4) is 6.07 Å². The van der Waals surface area contributed by atoms with Crippen LogP contribution in [-0.2, 0) is 9.53 Å². The largest absolute Gasteiger partial charge is 0.469 e. The van der Waals surface area contributed by atoms with Crippen molar-refractivity contribution in [1.29, 1.82) is 5.26 Å². The second kappa shape index (κ2) is 18.4. The van der Waals surface area contributed by atoms with Crippen molar-refractivity contribution in [2.75, 3.05) is 17.9 Å². The van der Waals surface area contributed by atoms with E-state index in [4.69, 9.17) is 0 Å². The number of thioether (sulfide) groups is 1. The van der Waals surface area contributed by atoms with E-state index in [-0.39, 0.29) is 5.97 Å². The van der Waals surface area contributed by atoms with E-state index in [9.17, 15) is 10.1 Å². The van der Waals surface area contributed by atoms with E-state index < -0.39 is 4.75 Å². The van der Waals surface area contributed by atoms with Crippen LogP contribution in [0.1, 0.15) is 90.9 Å². The molecule has 3 nitrogen and oxygen atoms in total. The van der Waals surface area contributed by atoms with Gasteiger partial charge in [-0.3, -0.25) is 4.79 Å². The monoisotopic (exact) mass is 419 g/mol. The quantitative estimate of drug-likeness (QED) is 0.101. The highest BCUT2D eigenvalue weighted by Crippen LogP contribution is 2.36. The fraction of sp³-hybridized carbons (Fsp3) is 0.900. The van der Waals surface area contributed by atoms with Crippen molar-refractivity contribution in [3.63, 3.8) is 0 Å². The van der Waals surface area contributed by atoms with Gasteiger partial charge in [-0.15, -0.1) is 11.8 Å². The first-order chi connectivity index (χ1) is 12.6. The average Bonchev–Trinajstić information content (AvgIpc) is 2.66. The third kappa shape index (κ3) is 16.2. The van der Waals surface area contributed by atoms with Crippen LogP contribution in [-0.4, -0.2) is 28.7 Å². The van der Waals surface area contributed by atoms with Crippen molar-refractivity contribution in [2.24, 2.45) is 0 Å². The van der Waals surface area contributed by atoms with Gasteiger partial charge in [0.1, 0.15) is 4.75 Å². The molecule has 0 amide bonds. The van der Waals surface area contributed by atoms with Crippen molar-refractivity contribution in [1.82, 2.24) is 0 Å². The summed E-state index contributed by atoms with van der Waals surface area (Å²) >= 11 is 1.63. The molecule has 0 aromatic carbocycles. The van der Waals surface area contributed by atoms with Gasteiger partial charge in [-0.25, -0.2) is 0 Å². The maximum Gasteiger partial charge on any atom is 0.305 e. The maximum absolute atomic E-state index is 11.2. The molecule has 0 heterocycles. The van der Waals surface area contributed by atoms with Crippen LogP contribution in [0.4, 0.5) is 0 Å². The summed E-state index contributed by atoms with van der Waals surface area (Å²) in [5.74, 6) is 0.947. The SMILES string of the molecule is CCCCCCCCCCCCSSCSC(C)(C#N)CCC(=O)OC. The average molecular weight is 420 g/mol. The van der Waals surface area contributed by atoms with Crippen LogP contribution in [0.2, 0.25) is 0 Å². The van der Waals surface area contributed by atoms with E-state index in [0.717, 1.165) is 5.08 Å². The van der Waals surface area contributed by atoms with Crippen molar-refractivity contribution < 1.29 is 9.53 Å². The third-order valence-corrected chi connectivity index (χ3v) is 8.64. The summed E-state index contributed by atoms with van der Waals surface area (Å²) in [6, 6.07) is 2.34. The number of hydrogen-bond donors (Lipinski definition) is 0. The van der Waals surface area contributed by atoms with E-state index >= 15 is 0 Å². The summed E-state index contributed by atoms with van der Waals surface area (Å²) < 4.78 is 4.15. The van der Waals surface area contributed by atoms with Gasteiger partial charge in [0, 0.05) is 12.2 Å². The molecule has 0 bridgehead atoms. The summed E-state index contributed by atoms with van der Waals surface area (Å²) in [6.07, 6.45) is 14.6. The van der Waals surface area contributed by atoms with E-state index in [1.165, 1.54) is 77.1 Å². The van der Waals surface area contributed by atoms with E-state index in [1.54, 1.807) is 11.8 Å². The Morgan fingerprint density at radius 1 is 1.00 bits per heavy atom. The predicted molar refractivity (Wildman–Crippen MR) is 120 cm³/mol. The van der Waals surface area contributed by atoms with Gasteiger partial charge >= 0.3 is 5.97 Å². The Labute approximate surface area is 173 Å². The van der Waals surface area contributed by atoms with Crippen LogP contribution < -0.4 is 0 Å². The van der Waals surface area contributed by atoms with Gasteiger partial charge < -0.3 is 4.74 Å². The summed E-state index contributed by atoms with van der Waals surface area (Å²) in [4.78, 5) is 11.2. The lowest BCUT2D eigenvalue weighted by molar-refractivity contribution is -0.140. The van der Waals surface area contributed by atoms with Crippen molar-refractivity contribution >= 4 is 39.3 Å². The molecule has 0 aliphatic rings. The van der Waals surface area contributed by atoms with Gasteiger partial charge in [0.15, 0.2) is 0 Å². The lowest BCUT2D eigenvalue weighted by Gasteiger charge is -2.19. The van der Waals surface area contributed by atoms with Gasteiger partial charge in [0.05, 0.1) is 18.3 Å². The first kappa shape index (κ1) is 26.0. The molecule has 0 aliphatic carbocycles. The molecule has 0 N–H and O–H groups in total. The molecule has 0 saturated heterocycles. The fourth-order valence-electron chi connectivity index (χ4n) is 2.50. The van der Waals surface area contributed by atoms with Crippen LogP contribution >= 0.6 is 33.3 Å². The minimum atomic E-state index is -0.501. The van der Waals surface area contributed by atoms with Gasteiger partial charge in [-0.05, 0) is 19.8 Å². The molecule has 0 saturated carbocycles. The van der Waals surface area contributed by atoms with Crippen molar-refractivity contribution in [3.05, 3.63) is 0 Å². The molecule has 0 radical (unpaired) electrons. The number of carbonyl (C=O) groups excluding carboxylic acids is 1. The first-order valence-electron chi connectivity index (χ1n) is 9.94. The number of carbonyl (C=O) groups is 1. The standard InChI is InChI=1S/C20H37NO2S3/c1-4-5-6-7-8-9-10-11-12-13-16-25-26-18-24-20(2,17-21)15-14-19(22)23-3/h4-16,18H2,1-3H3. The normalized spacial score (nSPS) is 13.2. The maximum atomic E-state index is 11.2. The molecule has 0 rings (SSSR count). The molecular formula is C20H37NO2S3. The number of rotatable bonds is 18. The Balaban J connectivity index is 3.43. The Morgan fingerprint density at radius 2 is 1.58 bits per heavy atom. The first-order valence-corrected chi connectivity index (χ1v) is 13.4. The van der Waals surface area contributed by atoms with Crippen LogP contribution in [0.3, 0.4) is 0 Å². The summed E-state index contributed by atoms with van der Waals surface area (Å²) in [5, 5.41) is 10.2. The van der Waals surface area contributed by atoms with Gasteiger partial charge in [-0.2, -0.15) is 5.26 Å². The molecule has 0 fully saturated rings. The number of ether oxygens (including phenoxy) is 1. The summed E-state index contributed by atoms with van der Waals surface area (Å²) in [5.41, 5.74) is 0. The molecule has 26 heavy (non-hydrogen) atoms. The molecule has 1 unspecified atom stereocenters. The zero-order valence-corrected chi connectivity index (χ0v) is 19.3. The summed E-state index contributed by atoms with van der Waals surface area (Å²) in [6.45, 7) is 4.18. The molecular weight excluding hydrogens is 382 g/mol. The highest BCUT2D eigenvalue weighted by Gasteiger charge is 2.25. The molecule has 0 aromatic heterocycles. The highest BCUT2D eigenvalue weighted by atomic mass is 33.1. The number of nitriles is 1. The number of methoxy groups -OCH3 is 1. The number of unbranched alkanes of at least 4 members (excludes halogenated alkanes) is 9. The third-order valence-electron chi connectivity index (χ3n) is 4.36. The van der Waals surface area contributed by atoms with Crippen molar-refractivity contribution in [2.45, 2.75) is 95.6 Å². The molecule has 1 atom stereocenters. The lowest BCUT2D eigenvalue weighted by atomic mass is 10.1. The molecule has 0 aromatic rings. The van der Waals surface area contributed by atoms with Gasteiger partial charge in [0.2, 0.25) is 0 Å². The Hall–Kier alpha value is 0.01000. The lowest BCUT2D eigenvalue weighted by Crippen LogP contribution is -2.19. The summed E-state index contributed by atoms with van der Waals surface area (Å²) in [7, 11) is 5.12. The zero-order chi connectivity index (χ0) is 19.5. The number of nitrogens with zero attached hydrogens (tertiary/aromatic N) is 1. The van der Waals surface area contributed by atoms with Gasteiger partial charge in [-0.1, -0.05) is 86.3 Å². The van der Waals surface area contributed by atoms with Crippen LogP contribution in [0.25, 0.3) is 0 Å². The second-order valence-electron chi connectivity index (χ2n) is 6.80. The molecule has 0 spiro atoms. The number of hydrogen-bond acceptors (Lipinski definition) is 6. The number of esters is 1. The van der Waals surface area contributed by atoms with Crippen LogP contribution in [0, 0.1) is 11.3 Å². The fourth-order valence-corrected chi connectivity index (χ4v) is 6.51. The molecule has 152 valence electrons. The Morgan fingerprint density at radius 3 is 2.12 bits per heavy atom. The minimum Gasteiger partial charge on any atom is -0.469 e. The predicted octanol–water partition coefficient (Wildman–Crippen LogP) is 7.21. The topological polar surface area (TPSA) is 50.1 Å². The van der Waals surface area contributed by atoms with E-state index in [1.807, 2.05) is 28.5 Å². The smallest absolute Gasteiger partial charge is 0.305 e. The van der Waals surface area contributed by atoms with Crippen LogP contribution in [0.15, 0.2) is 0 Å². The van der Waals surface area contributed by atoms with E-state index in [0.29, 0.717) is 12.8 Å². The second-order valence-corrected chi connectivity index (χ2v) is 11.2. The van der Waals surface area contributed by atoms with Gasteiger partial charge in [0.25, 0.3) is 0 Å². The van der Waals surface area contributed by atoms with Crippen LogP contribution in [0.5, 0.6) is 0 Å². The minimum absolute atomic E-state index is 0.241. The zero-order valence-electron chi connectivity index (χ0n) is 16.9. The molecule has 6 heteroatoms. The molecule has 0 aliphatic heterocycles.